The van der Waals surface area contributed by atoms with E-state index >= 15 is 0 Å². The number of carbonyl (C=O) groups excluding carboxylic acids is 2. The standard InChI is InChI=1S/C24H27N3O2/c1-16(28)26-23(14-18-15-25-21-12-7-5-11-20(18)21)24(29)27-22-13-6-3-9-17-8-2-4-10-19(17)22/h2,4-5,7-8,10-12,15,22-23,25H,3,6,9,13-14H2,1H3,(H,26,28)(H,27,29). The number of fused-ring (bicyclic) bond motifs is 2. The summed E-state index contributed by atoms with van der Waals surface area (Å²) in [7, 11) is 0. The molecule has 0 saturated heterocycles. The van der Waals surface area contributed by atoms with Crippen molar-refractivity contribution < 1.29 is 9.59 Å². The van der Waals surface area contributed by atoms with Gasteiger partial charge in [-0.3, -0.25) is 9.59 Å². The van der Waals surface area contributed by atoms with Crippen molar-refractivity contribution in [1.29, 1.82) is 0 Å². The molecule has 0 fully saturated rings. The summed E-state index contributed by atoms with van der Waals surface area (Å²) < 4.78 is 0. The highest BCUT2D eigenvalue weighted by atomic mass is 16.2. The highest BCUT2D eigenvalue weighted by Crippen LogP contribution is 2.28. The summed E-state index contributed by atoms with van der Waals surface area (Å²) in [5.74, 6) is -0.335. The molecule has 2 unspecified atom stereocenters. The molecule has 5 heteroatoms. The van der Waals surface area contributed by atoms with Gasteiger partial charge in [-0.2, -0.15) is 0 Å². The fraction of sp³-hybridized carbons (Fsp3) is 0.333. The Hall–Kier alpha value is -3.08. The zero-order valence-electron chi connectivity index (χ0n) is 16.7. The molecule has 1 aliphatic carbocycles. The third kappa shape index (κ3) is 4.34. The first-order valence-corrected chi connectivity index (χ1v) is 10.3. The second kappa shape index (κ2) is 8.52. The second-order valence-corrected chi connectivity index (χ2v) is 7.82. The summed E-state index contributed by atoms with van der Waals surface area (Å²) in [6.07, 6.45) is 6.55. The smallest absolute Gasteiger partial charge is 0.243 e. The lowest BCUT2D eigenvalue weighted by atomic mass is 9.98. The normalized spacial score (nSPS) is 17.2. The van der Waals surface area contributed by atoms with Gasteiger partial charge in [-0.25, -0.2) is 0 Å². The fourth-order valence-electron chi connectivity index (χ4n) is 4.32. The van der Waals surface area contributed by atoms with Crippen LogP contribution in [0.4, 0.5) is 0 Å². The van der Waals surface area contributed by atoms with Gasteiger partial charge in [-0.05, 0) is 42.0 Å². The van der Waals surface area contributed by atoms with Gasteiger partial charge in [0, 0.05) is 30.4 Å². The van der Waals surface area contributed by atoms with Gasteiger partial charge in [-0.1, -0.05) is 48.9 Å². The van der Waals surface area contributed by atoms with Crippen molar-refractivity contribution in [1.82, 2.24) is 15.6 Å². The molecule has 0 radical (unpaired) electrons. The highest BCUT2D eigenvalue weighted by Gasteiger charge is 2.26. The Labute approximate surface area is 170 Å². The molecular weight excluding hydrogens is 362 g/mol. The minimum Gasteiger partial charge on any atom is -0.361 e. The number of carbonyl (C=O) groups is 2. The summed E-state index contributed by atoms with van der Waals surface area (Å²) >= 11 is 0. The van der Waals surface area contributed by atoms with Gasteiger partial charge in [0.05, 0.1) is 6.04 Å². The number of H-pyrrole nitrogens is 1. The average Bonchev–Trinajstić information content (AvgIpc) is 3.01. The zero-order valence-corrected chi connectivity index (χ0v) is 16.7. The van der Waals surface area contributed by atoms with E-state index in [9.17, 15) is 9.59 Å². The van der Waals surface area contributed by atoms with Crippen molar-refractivity contribution in [3.63, 3.8) is 0 Å². The topological polar surface area (TPSA) is 74.0 Å². The number of nitrogens with one attached hydrogen (secondary N) is 3. The van der Waals surface area contributed by atoms with Crippen LogP contribution in [0.15, 0.2) is 54.7 Å². The lowest BCUT2D eigenvalue weighted by Crippen LogP contribution is -2.48. The largest absolute Gasteiger partial charge is 0.361 e. The lowest BCUT2D eigenvalue weighted by molar-refractivity contribution is -0.128. The maximum atomic E-state index is 13.2. The van der Waals surface area contributed by atoms with Crippen LogP contribution >= 0.6 is 0 Å². The fourth-order valence-corrected chi connectivity index (χ4v) is 4.32. The number of para-hydroxylation sites is 1. The quantitative estimate of drug-likeness (QED) is 0.581. The van der Waals surface area contributed by atoms with E-state index in [0.717, 1.165) is 42.1 Å². The molecule has 1 heterocycles. The molecule has 3 N–H and O–H groups in total. The number of hydrogen-bond acceptors (Lipinski definition) is 2. The van der Waals surface area contributed by atoms with E-state index in [1.807, 2.05) is 36.5 Å². The summed E-state index contributed by atoms with van der Waals surface area (Å²) in [5.41, 5.74) is 4.56. The Morgan fingerprint density at radius 3 is 2.76 bits per heavy atom. The predicted octanol–water partition coefficient (Wildman–Crippen LogP) is 3.80. The molecule has 2 amide bonds. The SMILES string of the molecule is CC(=O)NC(Cc1c[nH]c2ccccc12)C(=O)NC1CCCCc2ccccc21. The average molecular weight is 389 g/mol. The molecular formula is C24H27N3O2. The molecule has 0 saturated carbocycles. The molecule has 29 heavy (non-hydrogen) atoms. The van der Waals surface area contributed by atoms with Crippen molar-refractivity contribution in [2.75, 3.05) is 0 Å². The van der Waals surface area contributed by atoms with Crippen molar-refractivity contribution in [3.05, 3.63) is 71.4 Å². The monoisotopic (exact) mass is 389 g/mol. The molecule has 1 aromatic heterocycles. The first kappa shape index (κ1) is 19.2. The Morgan fingerprint density at radius 2 is 1.90 bits per heavy atom. The van der Waals surface area contributed by atoms with Crippen LogP contribution in [-0.4, -0.2) is 22.8 Å². The lowest BCUT2D eigenvalue weighted by Gasteiger charge is -2.24. The van der Waals surface area contributed by atoms with Crippen molar-refractivity contribution >= 4 is 22.7 Å². The van der Waals surface area contributed by atoms with E-state index in [2.05, 4.69) is 33.8 Å². The number of benzene rings is 2. The van der Waals surface area contributed by atoms with E-state index in [1.54, 1.807) is 0 Å². The summed E-state index contributed by atoms with van der Waals surface area (Å²) in [5, 5.41) is 7.14. The summed E-state index contributed by atoms with van der Waals surface area (Å²) in [6.45, 7) is 1.45. The minimum absolute atomic E-state index is 0.0135. The van der Waals surface area contributed by atoms with Crippen LogP contribution in [0.3, 0.4) is 0 Å². The van der Waals surface area contributed by atoms with Crippen LogP contribution < -0.4 is 10.6 Å². The third-order valence-corrected chi connectivity index (χ3v) is 5.73. The summed E-state index contributed by atoms with van der Waals surface area (Å²) in [4.78, 5) is 28.2. The van der Waals surface area contributed by atoms with Crippen molar-refractivity contribution in [2.24, 2.45) is 0 Å². The molecule has 150 valence electrons. The Morgan fingerprint density at radius 1 is 1.10 bits per heavy atom. The number of rotatable bonds is 5. The molecule has 0 aliphatic heterocycles. The Balaban J connectivity index is 1.55. The Kier molecular flexibility index (Phi) is 5.65. The van der Waals surface area contributed by atoms with Crippen LogP contribution in [0.2, 0.25) is 0 Å². The molecule has 3 aromatic rings. The third-order valence-electron chi connectivity index (χ3n) is 5.73. The minimum atomic E-state index is -0.609. The van der Waals surface area contributed by atoms with E-state index in [4.69, 9.17) is 0 Å². The number of amides is 2. The molecule has 5 nitrogen and oxygen atoms in total. The molecule has 2 aromatic carbocycles. The molecule has 1 aliphatic rings. The maximum absolute atomic E-state index is 13.2. The van der Waals surface area contributed by atoms with E-state index in [0.29, 0.717) is 6.42 Å². The first-order valence-electron chi connectivity index (χ1n) is 10.3. The van der Waals surface area contributed by atoms with Gasteiger partial charge in [-0.15, -0.1) is 0 Å². The van der Waals surface area contributed by atoms with Gasteiger partial charge >= 0.3 is 0 Å². The van der Waals surface area contributed by atoms with Crippen LogP contribution in [0, 0.1) is 0 Å². The van der Waals surface area contributed by atoms with Gasteiger partial charge in [0.25, 0.3) is 0 Å². The van der Waals surface area contributed by atoms with E-state index in [1.165, 1.54) is 18.1 Å². The van der Waals surface area contributed by atoms with Crippen LogP contribution in [0.1, 0.15) is 48.9 Å². The zero-order chi connectivity index (χ0) is 20.2. The van der Waals surface area contributed by atoms with Crippen molar-refractivity contribution in [2.45, 2.75) is 51.1 Å². The number of hydrogen-bond donors (Lipinski definition) is 3. The Bertz CT molecular complexity index is 1020. The molecule has 0 spiro atoms. The van der Waals surface area contributed by atoms with Crippen molar-refractivity contribution in [3.8, 4) is 0 Å². The second-order valence-electron chi connectivity index (χ2n) is 7.82. The predicted molar refractivity (Wildman–Crippen MR) is 114 cm³/mol. The number of aromatic nitrogens is 1. The van der Waals surface area contributed by atoms with Crippen LogP contribution in [0.5, 0.6) is 0 Å². The maximum Gasteiger partial charge on any atom is 0.243 e. The van der Waals surface area contributed by atoms with Gasteiger partial charge in [0.2, 0.25) is 11.8 Å². The molecule has 4 rings (SSSR count). The molecule has 2 atom stereocenters. The first-order chi connectivity index (χ1) is 14.1. The summed E-state index contributed by atoms with van der Waals surface area (Å²) in [6, 6.07) is 15.7. The van der Waals surface area contributed by atoms with Crippen LogP contribution in [-0.2, 0) is 22.4 Å². The van der Waals surface area contributed by atoms with E-state index < -0.39 is 6.04 Å². The van der Waals surface area contributed by atoms with Crippen LogP contribution in [0.25, 0.3) is 10.9 Å². The van der Waals surface area contributed by atoms with E-state index in [-0.39, 0.29) is 17.9 Å². The highest BCUT2D eigenvalue weighted by molar-refractivity contribution is 5.89. The van der Waals surface area contributed by atoms with Gasteiger partial charge in [0.1, 0.15) is 6.04 Å². The van der Waals surface area contributed by atoms with Gasteiger partial charge < -0.3 is 15.6 Å². The molecule has 0 bridgehead atoms. The van der Waals surface area contributed by atoms with Gasteiger partial charge in [0.15, 0.2) is 0 Å². The number of aryl methyl sites for hydroxylation is 1. The number of aromatic amines is 1.